The van der Waals surface area contributed by atoms with Gasteiger partial charge in [0.15, 0.2) is 0 Å². The summed E-state index contributed by atoms with van der Waals surface area (Å²) in [6.07, 6.45) is 0. The van der Waals surface area contributed by atoms with Gasteiger partial charge < -0.3 is 10.2 Å². The molecular weight excluding hydrogens is 602 g/mol. The zero-order chi connectivity index (χ0) is 28.7. The van der Waals surface area contributed by atoms with Crippen molar-refractivity contribution in [3.05, 3.63) is 93.4 Å². The second-order valence-corrected chi connectivity index (χ2v) is 13.0. The Balaban J connectivity index is 2.01. The van der Waals surface area contributed by atoms with Gasteiger partial charge in [0, 0.05) is 22.6 Å². The molecule has 0 heterocycles. The fourth-order valence-corrected chi connectivity index (χ4v) is 5.90. The molecule has 3 aromatic rings. The minimum Gasteiger partial charge on any atom is -0.354 e. The van der Waals surface area contributed by atoms with Gasteiger partial charge in [-0.3, -0.25) is 13.9 Å². The molecule has 208 valence electrons. The Hall–Kier alpha value is -2.88. The summed E-state index contributed by atoms with van der Waals surface area (Å²) in [5.74, 6) is -0.617. The van der Waals surface area contributed by atoms with Crippen LogP contribution in [0, 0.1) is 12.8 Å². The minimum atomic E-state index is -4.14. The van der Waals surface area contributed by atoms with E-state index in [9.17, 15) is 18.0 Å². The first kappa shape index (κ1) is 30.7. The van der Waals surface area contributed by atoms with E-state index in [1.54, 1.807) is 37.3 Å². The van der Waals surface area contributed by atoms with Crippen LogP contribution in [-0.2, 0) is 26.2 Å². The second-order valence-electron chi connectivity index (χ2n) is 9.77. The number of rotatable bonds is 11. The number of nitrogens with one attached hydrogen (secondary N) is 1. The van der Waals surface area contributed by atoms with Crippen molar-refractivity contribution in [3.8, 4) is 0 Å². The molecule has 1 N–H and O–H groups in total. The normalized spacial score (nSPS) is 12.2. The number of hydrogen-bond acceptors (Lipinski definition) is 4. The summed E-state index contributed by atoms with van der Waals surface area (Å²) in [7, 11) is -4.14. The molecule has 0 spiro atoms. The largest absolute Gasteiger partial charge is 0.354 e. The van der Waals surface area contributed by atoms with Gasteiger partial charge in [-0.1, -0.05) is 77.3 Å². The molecule has 0 aromatic heterocycles. The lowest BCUT2D eigenvalue weighted by molar-refractivity contribution is -0.139. The highest BCUT2D eigenvalue weighted by molar-refractivity contribution is 9.10. The van der Waals surface area contributed by atoms with Crippen LogP contribution in [0.5, 0.6) is 0 Å². The summed E-state index contributed by atoms with van der Waals surface area (Å²) in [6, 6.07) is 19.3. The van der Waals surface area contributed by atoms with Crippen molar-refractivity contribution in [2.75, 3.05) is 17.4 Å². The number of carbonyl (C=O) groups excluding carboxylic acids is 2. The van der Waals surface area contributed by atoms with Crippen molar-refractivity contribution in [2.24, 2.45) is 5.92 Å². The summed E-state index contributed by atoms with van der Waals surface area (Å²) in [4.78, 5) is 28.4. The van der Waals surface area contributed by atoms with Crippen LogP contribution in [0.15, 0.2) is 82.2 Å². The molecule has 39 heavy (non-hydrogen) atoms. The van der Waals surface area contributed by atoms with Crippen LogP contribution in [-0.4, -0.2) is 44.3 Å². The van der Waals surface area contributed by atoms with E-state index in [2.05, 4.69) is 21.2 Å². The molecule has 1 unspecified atom stereocenters. The van der Waals surface area contributed by atoms with Gasteiger partial charge in [-0.25, -0.2) is 8.42 Å². The molecule has 0 fully saturated rings. The SMILES string of the molecule is Cc1ccc(S(=O)(=O)N(CC(=O)N(Cc2cccc(Br)c2)C(C)C(=O)NCC(C)C)c2cccc(Cl)c2)cc1. The highest BCUT2D eigenvalue weighted by Gasteiger charge is 2.32. The fraction of sp³-hybridized carbons (Fsp3) is 0.310. The summed E-state index contributed by atoms with van der Waals surface area (Å²) in [5, 5.41) is 3.21. The maximum absolute atomic E-state index is 13.9. The molecule has 7 nitrogen and oxygen atoms in total. The Bertz CT molecular complexity index is 1410. The molecule has 0 radical (unpaired) electrons. The summed E-state index contributed by atoms with van der Waals surface area (Å²) < 4.78 is 29.5. The highest BCUT2D eigenvalue weighted by Crippen LogP contribution is 2.27. The molecular formula is C29H33BrClN3O4S. The quantitative estimate of drug-likeness (QED) is 0.289. The third-order valence-corrected chi connectivity index (χ3v) is 8.59. The molecule has 0 saturated carbocycles. The lowest BCUT2D eigenvalue weighted by Crippen LogP contribution is -2.51. The van der Waals surface area contributed by atoms with E-state index >= 15 is 0 Å². The van der Waals surface area contributed by atoms with Crippen LogP contribution < -0.4 is 9.62 Å². The van der Waals surface area contributed by atoms with Crippen molar-refractivity contribution in [1.29, 1.82) is 0 Å². The van der Waals surface area contributed by atoms with Gasteiger partial charge in [0.2, 0.25) is 11.8 Å². The van der Waals surface area contributed by atoms with Crippen molar-refractivity contribution < 1.29 is 18.0 Å². The van der Waals surface area contributed by atoms with Gasteiger partial charge in [0.1, 0.15) is 12.6 Å². The maximum atomic E-state index is 13.9. The van der Waals surface area contributed by atoms with Gasteiger partial charge in [0.25, 0.3) is 10.0 Å². The van der Waals surface area contributed by atoms with Crippen molar-refractivity contribution >= 4 is 55.1 Å². The Labute approximate surface area is 244 Å². The average Bonchev–Trinajstić information content (AvgIpc) is 2.88. The van der Waals surface area contributed by atoms with Crippen molar-refractivity contribution in [3.63, 3.8) is 0 Å². The Morgan fingerprint density at radius 2 is 1.64 bits per heavy atom. The van der Waals surface area contributed by atoms with Gasteiger partial charge in [0.05, 0.1) is 10.6 Å². The molecule has 3 rings (SSSR count). The Morgan fingerprint density at radius 1 is 0.974 bits per heavy atom. The molecule has 1 atom stereocenters. The molecule has 10 heteroatoms. The number of hydrogen-bond donors (Lipinski definition) is 1. The van der Waals surface area contributed by atoms with Crippen molar-refractivity contribution in [1.82, 2.24) is 10.2 Å². The van der Waals surface area contributed by atoms with Crippen LogP contribution >= 0.6 is 27.5 Å². The van der Waals surface area contributed by atoms with Gasteiger partial charge in [-0.2, -0.15) is 0 Å². The van der Waals surface area contributed by atoms with Crippen LogP contribution in [0.1, 0.15) is 31.9 Å². The summed E-state index contributed by atoms with van der Waals surface area (Å²) in [6.45, 7) is 7.51. The fourth-order valence-electron chi connectivity index (χ4n) is 3.86. The van der Waals surface area contributed by atoms with E-state index in [1.807, 2.05) is 45.0 Å². The molecule has 3 aromatic carbocycles. The number of aryl methyl sites for hydroxylation is 1. The zero-order valence-electron chi connectivity index (χ0n) is 22.4. The topological polar surface area (TPSA) is 86.8 Å². The summed E-state index contributed by atoms with van der Waals surface area (Å²) >= 11 is 9.65. The monoisotopic (exact) mass is 633 g/mol. The van der Waals surface area contributed by atoms with E-state index in [0.29, 0.717) is 11.6 Å². The Kier molecular flexibility index (Phi) is 10.6. The predicted octanol–water partition coefficient (Wildman–Crippen LogP) is 5.80. The molecule has 0 aliphatic heterocycles. The van der Waals surface area contributed by atoms with Crippen LogP contribution in [0.3, 0.4) is 0 Å². The molecule has 0 saturated heterocycles. The van der Waals surface area contributed by atoms with Crippen molar-refractivity contribution in [2.45, 2.75) is 45.2 Å². The van der Waals surface area contributed by atoms with E-state index in [0.717, 1.165) is 19.9 Å². The number of sulfonamides is 1. The number of halogens is 2. The van der Waals surface area contributed by atoms with Gasteiger partial charge in [-0.15, -0.1) is 0 Å². The smallest absolute Gasteiger partial charge is 0.264 e. The molecule has 2 amide bonds. The number of nitrogens with zero attached hydrogens (tertiary/aromatic N) is 2. The first-order valence-electron chi connectivity index (χ1n) is 12.5. The minimum absolute atomic E-state index is 0.0436. The van der Waals surface area contributed by atoms with E-state index < -0.39 is 28.5 Å². The van der Waals surface area contributed by atoms with E-state index in [1.165, 1.54) is 23.1 Å². The van der Waals surface area contributed by atoms with Crippen LogP contribution in [0.2, 0.25) is 5.02 Å². The standard InChI is InChI=1S/C29H33BrClN3O4S/c1-20(2)17-32-29(36)22(4)33(18-23-7-5-8-24(30)15-23)28(35)19-34(26-10-6-9-25(31)16-26)39(37,38)27-13-11-21(3)12-14-27/h5-16,20,22H,17-19H2,1-4H3,(H,32,36). The third-order valence-electron chi connectivity index (χ3n) is 6.08. The lowest BCUT2D eigenvalue weighted by Gasteiger charge is -2.32. The van der Waals surface area contributed by atoms with Gasteiger partial charge >= 0.3 is 0 Å². The van der Waals surface area contributed by atoms with Gasteiger partial charge in [-0.05, 0) is 67.8 Å². The highest BCUT2D eigenvalue weighted by atomic mass is 79.9. The number of amides is 2. The second kappa shape index (κ2) is 13.5. The Morgan fingerprint density at radius 3 is 2.26 bits per heavy atom. The van der Waals surface area contributed by atoms with E-state index in [4.69, 9.17) is 11.6 Å². The zero-order valence-corrected chi connectivity index (χ0v) is 25.6. The van der Waals surface area contributed by atoms with E-state index in [-0.39, 0.29) is 29.0 Å². The summed E-state index contributed by atoms with van der Waals surface area (Å²) in [5.41, 5.74) is 1.94. The maximum Gasteiger partial charge on any atom is 0.264 e. The van der Waals surface area contributed by atoms with Crippen LogP contribution in [0.4, 0.5) is 5.69 Å². The first-order chi connectivity index (χ1) is 18.4. The number of anilines is 1. The average molecular weight is 635 g/mol. The predicted molar refractivity (Wildman–Crippen MR) is 159 cm³/mol. The molecule has 0 bridgehead atoms. The molecule has 0 aliphatic rings. The first-order valence-corrected chi connectivity index (χ1v) is 15.2. The number of benzene rings is 3. The lowest BCUT2D eigenvalue weighted by atomic mass is 10.1. The molecule has 0 aliphatic carbocycles. The van der Waals surface area contributed by atoms with Crippen LogP contribution in [0.25, 0.3) is 0 Å². The third kappa shape index (κ3) is 8.30. The number of carbonyl (C=O) groups is 2.